The average Bonchev–Trinajstić information content (AvgIpc) is 3.20. The molecule has 2 fully saturated rings. The van der Waals surface area contributed by atoms with Crippen LogP contribution in [0.4, 0.5) is 0 Å². The molecule has 0 aromatic heterocycles. The highest BCUT2D eigenvalue weighted by Gasteiger charge is 2.50. The summed E-state index contributed by atoms with van der Waals surface area (Å²) in [6, 6.07) is 8.10. The number of hydrogen-bond acceptors (Lipinski definition) is 3. The van der Waals surface area contributed by atoms with Gasteiger partial charge in [-0.2, -0.15) is 0 Å². The van der Waals surface area contributed by atoms with Gasteiger partial charge in [-0.15, -0.1) is 0 Å². The maximum atomic E-state index is 12.9. The van der Waals surface area contributed by atoms with Crippen LogP contribution in [-0.2, 0) is 11.2 Å². The number of nitrogens with zero attached hydrogens (tertiary/aromatic N) is 2. The number of rotatable bonds is 5. The Morgan fingerprint density at radius 1 is 1.25 bits per heavy atom. The van der Waals surface area contributed by atoms with E-state index >= 15 is 0 Å². The van der Waals surface area contributed by atoms with Gasteiger partial charge in [0.15, 0.2) is 0 Å². The maximum Gasteiger partial charge on any atom is 0.253 e. The lowest BCUT2D eigenvalue weighted by Crippen LogP contribution is -2.38. The Morgan fingerprint density at radius 2 is 2.00 bits per heavy atom. The molecule has 2 heterocycles. The highest BCUT2D eigenvalue weighted by atomic mass is 16.5. The molecule has 132 valence electrons. The quantitative estimate of drug-likeness (QED) is 0.832. The van der Waals surface area contributed by atoms with E-state index in [0.717, 1.165) is 57.7 Å². The van der Waals surface area contributed by atoms with E-state index in [1.807, 2.05) is 12.1 Å². The first-order valence-corrected chi connectivity index (χ1v) is 9.21. The second-order valence-corrected chi connectivity index (χ2v) is 7.37. The summed E-state index contributed by atoms with van der Waals surface area (Å²) in [5.74, 6) is 0.711. The van der Waals surface area contributed by atoms with E-state index in [9.17, 15) is 4.79 Å². The van der Waals surface area contributed by atoms with Crippen LogP contribution < -0.4 is 0 Å². The Kier molecular flexibility index (Phi) is 5.26. The molecule has 2 atom stereocenters. The summed E-state index contributed by atoms with van der Waals surface area (Å²) in [4.78, 5) is 17.4. The highest BCUT2D eigenvalue weighted by Crippen LogP contribution is 2.44. The van der Waals surface area contributed by atoms with Gasteiger partial charge in [-0.05, 0) is 37.1 Å². The zero-order chi connectivity index (χ0) is 17.2. The molecule has 1 aromatic carbocycles. The fourth-order valence-corrected chi connectivity index (χ4v) is 4.41. The van der Waals surface area contributed by atoms with E-state index < -0.39 is 0 Å². The van der Waals surface area contributed by atoms with E-state index in [0.29, 0.717) is 5.92 Å². The molecule has 0 radical (unpaired) electrons. The Hall–Kier alpha value is -1.39. The monoisotopic (exact) mass is 330 g/mol. The topological polar surface area (TPSA) is 32.8 Å². The molecule has 3 rings (SSSR count). The van der Waals surface area contributed by atoms with Crippen molar-refractivity contribution < 1.29 is 9.53 Å². The minimum Gasteiger partial charge on any atom is -0.384 e. The molecular formula is C20H30N2O2. The second kappa shape index (κ2) is 7.24. The van der Waals surface area contributed by atoms with Crippen molar-refractivity contribution in [3.63, 3.8) is 0 Å². The van der Waals surface area contributed by atoms with Crippen LogP contribution in [0.15, 0.2) is 24.3 Å². The molecule has 2 aliphatic rings. The van der Waals surface area contributed by atoms with Crippen molar-refractivity contribution in [2.75, 3.05) is 46.4 Å². The molecular weight excluding hydrogens is 300 g/mol. The maximum absolute atomic E-state index is 12.9. The fraction of sp³-hybridized carbons (Fsp3) is 0.650. The van der Waals surface area contributed by atoms with Crippen molar-refractivity contribution in [3.8, 4) is 0 Å². The standard InChI is InChI=1S/C20H30N2O2/c1-4-16-6-8-17(9-7-16)19(23)22-11-10-20(15-22)14-21(5-2)12-18(20)13-24-3/h6-9,18H,4-5,10-15H2,1-3H3/t18-,20-/m1/s1. The van der Waals surface area contributed by atoms with Crippen molar-refractivity contribution in [1.82, 2.24) is 9.80 Å². The Labute approximate surface area is 145 Å². The van der Waals surface area contributed by atoms with Gasteiger partial charge in [-0.25, -0.2) is 0 Å². The predicted octanol–water partition coefficient (Wildman–Crippen LogP) is 2.68. The number of hydrogen-bond donors (Lipinski definition) is 0. The Balaban J connectivity index is 1.72. The molecule has 1 spiro atoms. The van der Waals surface area contributed by atoms with Crippen LogP contribution in [0.25, 0.3) is 0 Å². The molecule has 0 saturated carbocycles. The van der Waals surface area contributed by atoms with Gasteiger partial charge in [0, 0.05) is 50.2 Å². The van der Waals surface area contributed by atoms with Gasteiger partial charge in [0.1, 0.15) is 0 Å². The summed E-state index contributed by atoms with van der Waals surface area (Å²) in [6.07, 6.45) is 2.10. The highest BCUT2D eigenvalue weighted by molar-refractivity contribution is 5.94. The van der Waals surface area contributed by atoms with Gasteiger partial charge < -0.3 is 14.5 Å². The van der Waals surface area contributed by atoms with Crippen molar-refractivity contribution in [2.45, 2.75) is 26.7 Å². The number of aryl methyl sites for hydroxylation is 1. The minimum absolute atomic E-state index is 0.181. The summed E-state index contributed by atoms with van der Waals surface area (Å²) in [5.41, 5.74) is 2.31. The summed E-state index contributed by atoms with van der Waals surface area (Å²) in [5, 5.41) is 0. The van der Waals surface area contributed by atoms with Crippen LogP contribution in [0.5, 0.6) is 0 Å². The van der Waals surface area contributed by atoms with Gasteiger partial charge in [-0.3, -0.25) is 4.79 Å². The van der Waals surface area contributed by atoms with Crippen molar-refractivity contribution in [2.24, 2.45) is 11.3 Å². The molecule has 4 heteroatoms. The number of likely N-dealkylation sites (tertiary alicyclic amines) is 2. The number of methoxy groups -OCH3 is 1. The lowest BCUT2D eigenvalue weighted by Gasteiger charge is -2.30. The lowest BCUT2D eigenvalue weighted by atomic mass is 9.77. The van der Waals surface area contributed by atoms with Crippen LogP contribution in [0.1, 0.15) is 36.2 Å². The number of carbonyl (C=O) groups is 1. The first kappa shape index (κ1) is 17.4. The Morgan fingerprint density at radius 3 is 2.62 bits per heavy atom. The predicted molar refractivity (Wildman–Crippen MR) is 96.3 cm³/mol. The number of ether oxygens (including phenoxy) is 1. The first-order valence-electron chi connectivity index (χ1n) is 9.21. The zero-order valence-corrected chi connectivity index (χ0v) is 15.3. The normalized spacial score (nSPS) is 27.3. The van der Waals surface area contributed by atoms with Crippen LogP contribution in [0.2, 0.25) is 0 Å². The van der Waals surface area contributed by atoms with Gasteiger partial charge in [0.2, 0.25) is 0 Å². The van der Waals surface area contributed by atoms with Crippen LogP contribution in [-0.4, -0.2) is 62.1 Å². The van der Waals surface area contributed by atoms with E-state index in [1.54, 1.807) is 7.11 Å². The van der Waals surface area contributed by atoms with Gasteiger partial charge in [0.05, 0.1) is 6.61 Å². The molecule has 0 bridgehead atoms. The van der Waals surface area contributed by atoms with Gasteiger partial charge in [0.25, 0.3) is 5.91 Å². The summed E-state index contributed by atoms with van der Waals surface area (Å²) < 4.78 is 5.48. The number of amides is 1. The van der Waals surface area contributed by atoms with Crippen LogP contribution >= 0.6 is 0 Å². The zero-order valence-electron chi connectivity index (χ0n) is 15.3. The van der Waals surface area contributed by atoms with E-state index in [4.69, 9.17) is 4.74 Å². The molecule has 4 nitrogen and oxygen atoms in total. The largest absolute Gasteiger partial charge is 0.384 e. The summed E-state index contributed by atoms with van der Waals surface area (Å²) in [6.45, 7) is 10.1. The van der Waals surface area contributed by atoms with Crippen molar-refractivity contribution in [3.05, 3.63) is 35.4 Å². The second-order valence-electron chi connectivity index (χ2n) is 7.37. The third-order valence-corrected chi connectivity index (χ3v) is 5.98. The summed E-state index contributed by atoms with van der Waals surface area (Å²) in [7, 11) is 1.79. The number of benzene rings is 1. The third-order valence-electron chi connectivity index (χ3n) is 5.98. The van der Waals surface area contributed by atoms with E-state index in [-0.39, 0.29) is 11.3 Å². The molecule has 0 aliphatic carbocycles. The molecule has 1 amide bonds. The minimum atomic E-state index is 0.181. The van der Waals surface area contributed by atoms with Crippen LogP contribution in [0, 0.1) is 11.3 Å². The van der Waals surface area contributed by atoms with E-state index in [1.165, 1.54) is 5.56 Å². The SMILES string of the molecule is CCc1ccc(C(=O)N2CC[C@@]3(CN(CC)C[C@@H]3COC)C2)cc1. The molecule has 2 aliphatic heterocycles. The molecule has 1 aromatic rings. The van der Waals surface area contributed by atoms with Crippen molar-refractivity contribution >= 4 is 5.91 Å². The number of carbonyl (C=O) groups excluding carboxylic acids is 1. The molecule has 0 N–H and O–H groups in total. The first-order chi connectivity index (χ1) is 11.6. The molecule has 24 heavy (non-hydrogen) atoms. The third kappa shape index (κ3) is 3.22. The van der Waals surface area contributed by atoms with Crippen molar-refractivity contribution in [1.29, 1.82) is 0 Å². The Bertz CT molecular complexity index is 572. The molecule has 2 saturated heterocycles. The molecule has 0 unspecified atom stereocenters. The average molecular weight is 330 g/mol. The lowest BCUT2D eigenvalue weighted by molar-refractivity contribution is 0.0716. The fourth-order valence-electron chi connectivity index (χ4n) is 4.41. The van der Waals surface area contributed by atoms with E-state index in [2.05, 4.69) is 35.8 Å². The van der Waals surface area contributed by atoms with Gasteiger partial charge in [-0.1, -0.05) is 26.0 Å². The smallest absolute Gasteiger partial charge is 0.253 e. The summed E-state index contributed by atoms with van der Waals surface area (Å²) >= 11 is 0. The van der Waals surface area contributed by atoms with Crippen LogP contribution in [0.3, 0.4) is 0 Å². The van der Waals surface area contributed by atoms with Gasteiger partial charge >= 0.3 is 0 Å².